The fourth-order valence-electron chi connectivity index (χ4n) is 2.58. The molecule has 8 nitrogen and oxygen atoms in total. The van der Waals surface area contributed by atoms with E-state index in [0.29, 0.717) is 5.56 Å². The first-order valence-corrected chi connectivity index (χ1v) is 8.85. The van der Waals surface area contributed by atoms with Gasteiger partial charge in [-0.15, -0.1) is 0 Å². The number of carboxylic acid groups (broad SMARTS) is 1. The second-order valence-electron chi connectivity index (χ2n) is 6.38. The summed E-state index contributed by atoms with van der Waals surface area (Å²) in [5.74, 6) is -4.38. The van der Waals surface area contributed by atoms with Crippen molar-refractivity contribution >= 4 is 23.8 Å². The number of aliphatic carboxylic acids is 1. The van der Waals surface area contributed by atoms with Crippen LogP contribution >= 0.6 is 0 Å². The Kier molecular flexibility index (Phi) is 9.07. The Morgan fingerprint density at radius 2 is 1.86 bits per heavy atom. The van der Waals surface area contributed by atoms with Crippen LogP contribution in [-0.4, -0.2) is 47.6 Å². The fraction of sp³-hybridized carbons (Fsp3) is 0.474. The van der Waals surface area contributed by atoms with E-state index in [2.05, 4.69) is 10.6 Å². The number of rotatable bonds is 10. The molecule has 3 atom stereocenters. The minimum Gasteiger partial charge on any atom is -0.480 e. The highest BCUT2D eigenvalue weighted by Crippen LogP contribution is 2.11. The van der Waals surface area contributed by atoms with Gasteiger partial charge in [0.05, 0.1) is 12.5 Å². The van der Waals surface area contributed by atoms with Crippen LogP contribution in [0, 0.1) is 11.7 Å². The van der Waals surface area contributed by atoms with E-state index in [1.54, 1.807) is 13.0 Å². The monoisotopic (exact) mass is 396 g/mol. The lowest BCUT2D eigenvalue weighted by Crippen LogP contribution is -2.52. The zero-order valence-electron chi connectivity index (χ0n) is 16.0. The molecule has 0 aromatic heterocycles. The van der Waals surface area contributed by atoms with Crippen molar-refractivity contribution in [1.82, 2.24) is 10.6 Å². The summed E-state index contributed by atoms with van der Waals surface area (Å²) >= 11 is 0. The van der Waals surface area contributed by atoms with Crippen LogP contribution in [0.15, 0.2) is 24.3 Å². The molecule has 9 heteroatoms. The quantitative estimate of drug-likeness (QED) is 0.508. The standard InChI is InChI=1S/C19H25FN2O6/c1-4-28-19(27)11(2)8-16(18(25)26)22-17(24)15(21-12(3)23)10-13-6-5-7-14(20)9-13/h5-7,9,11,15-16H,4,8,10H2,1-3H3,(H,21,23)(H,22,24)(H,25,26)/t11-,15+,16+/m0/s1. The van der Waals surface area contributed by atoms with E-state index in [4.69, 9.17) is 4.74 Å². The first-order chi connectivity index (χ1) is 13.1. The predicted octanol–water partition coefficient (Wildman–Crippen LogP) is 1.03. The maximum absolute atomic E-state index is 13.4. The van der Waals surface area contributed by atoms with Crippen LogP contribution in [0.1, 0.15) is 32.8 Å². The van der Waals surface area contributed by atoms with Crippen LogP contribution in [0.4, 0.5) is 4.39 Å². The van der Waals surface area contributed by atoms with Gasteiger partial charge in [-0.05, 0) is 31.0 Å². The van der Waals surface area contributed by atoms with Crippen LogP contribution in [0.2, 0.25) is 0 Å². The highest BCUT2D eigenvalue weighted by Gasteiger charge is 2.29. The third kappa shape index (κ3) is 7.73. The Morgan fingerprint density at radius 3 is 2.39 bits per heavy atom. The molecule has 0 saturated carbocycles. The molecule has 0 saturated heterocycles. The Labute approximate surface area is 162 Å². The molecule has 1 rings (SSSR count). The number of amides is 2. The van der Waals surface area contributed by atoms with Gasteiger partial charge in [-0.25, -0.2) is 9.18 Å². The number of carbonyl (C=O) groups excluding carboxylic acids is 3. The lowest BCUT2D eigenvalue weighted by atomic mass is 10.0. The van der Waals surface area contributed by atoms with E-state index < -0.39 is 47.6 Å². The van der Waals surface area contributed by atoms with E-state index >= 15 is 0 Å². The van der Waals surface area contributed by atoms with Crippen LogP contribution in [0.5, 0.6) is 0 Å². The third-order valence-corrected chi connectivity index (χ3v) is 3.92. The molecule has 0 spiro atoms. The molecule has 1 aromatic carbocycles. The van der Waals surface area contributed by atoms with Gasteiger partial charge in [0.15, 0.2) is 0 Å². The lowest BCUT2D eigenvalue weighted by Gasteiger charge is -2.22. The van der Waals surface area contributed by atoms with Crippen molar-refractivity contribution in [3.05, 3.63) is 35.6 Å². The molecule has 0 heterocycles. The van der Waals surface area contributed by atoms with Gasteiger partial charge in [-0.3, -0.25) is 14.4 Å². The summed E-state index contributed by atoms with van der Waals surface area (Å²) in [6, 6.07) is 3.07. The molecular weight excluding hydrogens is 371 g/mol. The summed E-state index contributed by atoms with van der Waals surface area (Å²) in [6.45, 7) is 4.50. The molecule has 1 aromatic rings. The van der Waals surface area contributed by atoms with Crippen LogP contribution in [0.25, 0.3) is 0 Å². The first-order valence-electron chi connectivity index (χ1n) is 8.85. The third-order valence-electron chi connectivity index (χ3n) is 3.92. The van der Waals surface area contributed by atoms with Crippen molar-refractivity contribution in [1.29, 1.82) is 0 Å². The number of ether oxygens (including phenoxy) is 1. The molecule has 2 amide bonds. The highest BCUT2D eigenvalue weighted by molar-refractivity contribution is 5.90. The maximum atomic E-state index is 13.4. The summed E-state index contributed by atoms with van der Waals surface area (Å²) in [5.41, 5.74) is 0.459. The molecule has 0 fully saturated rings. The zero-order valence-corrected chi connectivity index (χ0v) is 16.0. The molecule has 0 unspecified atom stereocenters. The van der Waals surface area contributed by atoms with Gasteiger partial charge in [0, 0.05) is 13.3 Å². The molecule has 0 aliphatic rings. The first kappa shape index (κ1) is 23.1. The number of benzene rings is 1. The number of esters is 1. The number of hydrogen-bond donors (Lipinski definition) is 3. The largest absolute Gasteiger partial charge is 0.480 e. The van der Waals surface area contributed by atoms with Gasteiger partial charge in [0.25, 0.3) is 0 Å². The second kappa shape index (κ2) is 11.0. The summed E-state index contributed by atoms with van der Waals surface area (Å²) in [7, 11) is 0. The fourth-order valence-corrected chi connectivity index (χ4v) is 2.58. The summed E-state index contributed by atoms with van der Waals surface area (Å²) in [6.07, 6.45) is -0.199. The van der Waals surface area contributed by atoms with Crippen LogP contribution in [-0.2, 0) is 30.3 Å². The van der Waals surface area contributed by atoms with Gasteiger partial charge in [-0.2, -0.15) is 0 Å². The van der Waals surface area contributed by atoms with Gasteiger partial charge in [-0.1, -0.05) is 19.1 Å². The second-order valence-corrected chi connectivity index (χ2v) is 6.38. The van der Waals surface area contributed by atoms with Gasteiger partial charge in [0.1, 0.15) is 17.9 Å². The predicted molar refractivity (Wildman–Crippen MR) is 97.7 cm³/mol. The van der Waals surface area contributed by atoms with E-state index in [1.807, 2.05) is 0 Å². The molecule has 0 aliphatic heterocycles. The lowest BCUT2D eigenvalue weighted by molar-refractivity contribution is -0.149. The topological polar surface area (TPSA) is 122 Å². The summed E-state index contributed by atoms with van der Waals surface area (Å²) in [4.78, 5) is 47.2. The van der Waals surface area contributed by atoms with Crippen molar-refractivity contribution < 1.29 is 33.4 Å². The van der Waals surface area contributed by atoms with Crippen LogP contribution < -0.4 is 10.6 Å². The normalized spacial score (nSPS) is 13.7. The smallest absolute Gasteiger partial charge is 0.326 e. The Hall–Kier alpha value is -2.97. The average Bonchev–Trinajstić information content (AvgIpc) is 2.60. The van der Waals surface area contributed by atoms with Gasteiger partial charge < -0.3 is 20.5 Å². The van der Waals surface area contributed by atoms with Crippen LogP contribution in [0.3, 0.4) is 0 Å². The number of carbonyl (C=O) groups is 4. The van der Waals surface area contributed by atoms with E-state index in [9.17, 15) is 28.7 Å². The Bertz CT molecular complexity index is 724. The number of halogens is 1. The van der Waals surface area contributed by atoms with Gasteiger partial charge in [0.2, 0.25) is 11.8 Å². The van der Waals surface area contributed by atoms with Crippen molar-refractivity contribution in [2.24, 2.45) is 5.92 Å². The van der Waals surface area contributed by atoms with E-state index in [0.717, 1.165) is 0 Å². The molecule has 0 bridgehead atoms. The molecule has 3 N–H and O–H groups in total. The maximum Gasteiger partial charge on any atom is 0.326 e. The molecule has 0 radical (unpaired) electrons. The molecular formula is C19H25FN2O6. The highest BCUT2D eigenvalue weighted by atomic mass is 19.1. The molecule has 0 aliphatic carbocycles. The molecule has 154 valence electrons. The van der Waals surface area contributed by atoms with Gasteiger partial charge >= 0.3 is 11.9 Å². The van der Waals surface area contributed by atoms with Crippen molar-refractivity contribution in [3.63, 3.8) is 0 Å². The Morgan fingerprint density at radius 1 is 1.18 bits per heavy atom. The van der Waals surface area contributed by atoms with E-state index in [-0.39, 0.29) is 19.4 Å². The van der Waals surface area contributed by atoms with E-state index in [1.165, 1.54) is 32.0 Å². The number of carboxylic acids is 1. The minimum absolute atomic E-state index is 0.0249. The average molecular weight is 396 g/mol. The Balaban J connectivity index is 2.88. The molecule has 28 heavy (non-hydrogen) atoms. The van der Waals surface area contributed by atoms with Crippen molar-refractivity contribution in [3.8, 4) is 0 Å². The van der Waals surface area contributed by atoms with Crippen molar-refractivity contribution in [2.45, 2.75) is 45.7 Å². The summed E-state index contributed by atoms with van der Waals surface area (Å²) < 4.78 is 18.2. The SMILES string of the molecule is CCOC(=O)[C@@H](C)C[C@@H](NC(=O)[C@@H](Cc1cccc(F)c1)NC(C)=O)C(=O)O. The summed E-state index contributed by atoms with van der Waals surface area (Å²) in [5, 5.41) is 14.1. The number of hydrogen-bond acceptors (Lipinski definition) is 5. The minimum atomic E-state index is -1.35. The van der Waals surface area contributed by atoms with Crippen molar-refractivity contribution in [2.75, 3.05) is 6.61 Å². The number of nitrogens with one attached hydrogen (secondary N) is 2. The zero-order chi connectivity index (χ0) is 21.3.